The van der Waals surface area contributed by atoms with Crippen molar-refractivity contribution in [2.45, 2.75) is 392 Å². The van der Waals surface area contributed by atoms with Gasteiger partial charge in [-0.05, 0) is 148 Å². The third-order valence-electron chi connectivity index (χ3n) is 16.6. The van der Waals surface area contributed by atoms with Gasteiger partial charge in [0, 0.05) is 5.33 Å². The molecule has 0 bridgehead atoms. The Morgan fingerprint density at radius 3 is 0.506 bits per heavy atom. The molecule has 0 unspecified atom stereocenters. The van der Waals surface area contributed by atoms with Crippen molar-refractivity contribution >= 4 is 15.9 Å². The van der Waals surface area contributed by atoms with Crippen molar-refractivity contribution in [1.82, 2.24) is 0 Å². The van der Waals surface area contributed by atoms with Crippen LogP contribution in [0.4, 0.5) is 0 Å². The number of alkyl halides is 1. The lowest BCUT2D eigenvalue weighted by Gasteiger charge is -2.08. The number of unbranched alkanes of at least 4 members (excludes halogenated alkanes) is 53. The molecule has 452 valence electrons. The lowest BCUT2D eigenvalue weighted by Crippen LogP contribution is -2.06. The molecule has 0 atom stereocenters. The highest BCUT2D eigenvalue weighted by atomic mass is 79.9. The number of hydrogen-bond acceptors (Lipinski definition) is 2. The Kier molecular flexibility index (Phi) is 66.8. The van der Waals surface area contributed by atoms with Crippen molar-refractivity contribution in [3.63, 3.8) is 0 Å². The molecule has 0 radical (unpaired) electrons. The van der Waals surface area contributed by atoms with Crippen molar-refractivity contribution in [2.75, 3.05) is 18.5 Å². The molecule has 0 saturated carbocycles. The van der Waals surface area contributed by atoms with E-state index in [1.165, 1.54) is 384 Å². The Morgan fingerprint density at radius 2 is 0.338 bits per heavy atom. The van der Waals surface area contributed by atoms with Gasteiger partial charge >= 0.3 is 0 Å². The first-order valence-corrected chi connectivity index (χ1v) is 36.6. The van der Waals surface area contributed by atoms with Crippen LogP contribution in [-0.4, -0.2) is 24.8 Å². The maximum atomic E-state index is 5.52. The Labute approximate surface area is 493 Å². The van der Waals surface area contributed by atoms with Crippen LogP contribution in [0, 0.1) is 0 Å². The highest BCUT2D eigenvalue weighted by Gasteiger charge is 2.14. The smallest absolute Gasteiger partial charge is 0.157 e. The molecule has 2 nitrogen and oxygen atoms in total. The summed E-state index contributed by atoms with van der Waals surface area (Å²) in [6.45, 7) is 1.58. The van der Waals surface area contributed by atoms with Gasteiger partial charge in [0.15, 0.2) is 6.29 Å². The molecule has 1 rings (SSSR count). The topological polar surface area (TPSA) is 18.5 Å². The van der Waals surface area contributed by atoms with E-state index in [1.807, 2.05) is 0 Å². The minimum absolute atomic E-state index is 0.0980. The van der Waals surface area contributed by atoms with Crippen LogP contribution in [0.2, 0.25) is 0 Å². The highest BCUT2D eigenvalue weighted by Crippen LogP contribution is 2.19. The van der Waals surface area contributed by atoms with E-state index in [4.69, 9.17) is 9.47 Å². The summed E-state index contributed by atoms with van der Waals surface area (Å²) < 4.78 is 11.0. The summed E-state index contributed by atoms with van der Waals surface area (Å²) in [5.41, 5.74) is 0. The second-order valence-electron chi connectivity index (χ2n) is 24.2. The fourth-order valence-electron chi connectivity index (χ4n) is 11.3. The zero-order valence-corrected chi connectivity index (χ0v) is 53.7. The molecular weight excluding hydrogens is 1000 g/mol. The molecule has 3 heteroatoms. The second kappa shape index (κ2) is 69.4. The van der Waals surface area contributed by atoms with Crippen molar-refractivity contribution in [3.05, 3.63) is 60.8 Å². The van der Waals surface area contributed by atoms with Gasteiger partial charge in [0.2, 0.25) is 0 Å². The predicted molar refractivity (Wildman–Crippen MR) is 352 cm³/mol. The third-order valence-corrected chi connectivity index (χ3v) is 17.1. The summed E-state index contributed by atoms with van der Waals surface area (Å²) in [5.74, 6) is 0. The van der Waals surface area contributed by atoms with Crippen LogP contribution in [0.5, 0.6) is 0 Å². The molecule has 1 aliphatic heterocycles. The molecular formula is C74H137BrO2. The molecule has 1 saturated heterocycles. The van der Waals surface area contributed by atoms with E-state index in [1.54, 1.807) is 0 Å². The lowest BCUT2D eigenvalue weighted by molar-refractivity contribution is -0.0480. The van der Waals surface area contributed by atoms with Crippen LogP contribution >= 0.6 is 15.9 Å². The summed E-state index contributed by atoms with van der Waals surface area (Å²) in [5, 5.41) is 1.18. The average Bonchev–Trinajstić information content (AvgIpc) is 3.97. The van der Waals surface area contributed by atoms with E-state index in [9.17, 15) is 0 Å². The van der Waals surface area contributed by atoms with E-state index in [0.29, 0.717) is 0 Å². The van der Waals surface area contributed by atoms with Crippen LogP contribution in [0.25, 0.3) is 0 Å². The van der Waals surface area contributed by atoms with Crippen LogP contribution < -0.4 is 0 Å². The largest absolute Gasteiger partial charge is 0.350 e. The molecule has 0 spiro atoms. The Morgan fingerprint density at radius 1 is 0.195 bits per heavy atom. The molecule has 1 aliphatic rings. The van der Waals surface area contributed by atoms with Gasteiger partial charge < -0.3 is 9.47 Å². The van der Waals surface area contributed by atoms with Gasteiger partial charge in [-0.3, -0.25) is 0 Å². The molecule has 0 amide bonds. The van der Waals surface area contributed by atoms with Crippen LogP contribution in [-0.2, 0) is 9.47 Å². The quantitative estimate of drug-likeness (QED) is 0.0343. The first-order valence-electron chi connectivity index (χ1n) is 35.5. The monoisotopic (exact) mass is 1140 g/mol. The average molecular weight is 1140 g/mol. The minimum Gasteiger partial charge on any atom is -0.350 e. The number of hydrogen-bond donors (Lipinski definition) is 0. The Bertz CT molecular complexity index is 1210. The number of ether oxygens (including phenoxy) is 2. The fraction of sp³-hybridized carbons (Fsp3) is 0.865. The summed E-state index contributed by atoms with van der Waals surface area (Å²) in [7, 11) is 0. The molecule has 0 aliphatic carbocycles. The fourth-order valence-corrected chi connectivity index (χ4v) is 11.7. The molecule has 1 heterocycles. The highest BCUT2D eigenvalue weighted by molar-refractivity contribution is 9.09. The normalized spacial score (nSPS) is 13.6. The van der Waals surface area contributed by atoms with Gasteiger partial charge in [-0.25, -0.2) is 0 Å². The van der Waals surface area contributed by atoms with E-state index in [2.05, 4.69) is 76.7 Å². The van der Waals surface area contributed by atoms with Crippen LogP contribution in [0.15, 0.2) is 60.8 Å². The van der Waals surface area contributed by atoms with Crippen molar-refractivity contribution < 1.29 is 9.47 Å². The van der Waals surface area contributed by atoms with Crippen molar-refractivity contribution in [1.29, 1.82) is 0 Å². The molecule has 0 aromatic heterocycles. The van der Waals surface area contributed by atoms with E-state index >= 15 is 0 Å². The standard InChI is InChI=1S/C74H137BrO2/c75-71-69-67-65-63-61-59-57-55-53-51-49-47-45-43-41-39-37-35-33-31-29-27-25-23-21-19-17-15-13-11-9-7-5-3-1-2-4-6-8-10-12-14-16-18-20-22-24-26-28-30-32-34-36-38-40-42-44-46-48-50-52-54-56-58-60-62-64-66-68-70-74-76-72-73-77-74/h1-2,23-26,47-50,74H,3-22,27-46,51-73H2/b2-1+,25-23+,26-24+,49-47+,50-48+. The summed E-state index contributed by atoms with van der Waals surface area (Å²) in [6, 6.07) is 0. The molecule has 77 heavy (non-hydrogen) atoms. The number of rotatable bonds is 66. The van der Waals surface area contributed by atoms with Gasteiger partial charge in [-0.2, -0.15) is 0 Å². The van der Waals surface area contributed by atoms with Crippen LogP contribution in [0.3, 0.4) is 0 Å². The van der Waals surface area contributed by atoms with Crippen molar-refractivity contribution in [3.8, 4) is 0 Å². The van der Waals surface area contributed by atoms with E-state index < -0.39 is 0 Å². The van der Waals surface area contributed by atoms with Gasteiger partial charge in [0.1, 0.15) is 0 Å². The van der Waals surface area contributed by atoms with Gasteiger partial charge in [-0.15, -0.1) is 0 Å². The SMILES string of the molecule is BrCCCCCCCCCCC/C=C/CCCCCCCCCC/C=C/CCCCCCCCCC/C=C/CCCCCCCCCC/C=C/CCCCCCCCCC/C=C/CCCCCCCCCCC1OCCO1. The van der Waals surface area contributed by atoms with Gasteiger partial charge in [0.25, 0.3) is 0 Å². The molecule has 0 N–H and O–H groups in total. The van der Waals surface area contributed by atoms with Gasteiger partial charge in [-0.1, -0.05) is 314 Å². The molecule has 0 aromatic carbocycles. The minimum atomic E-state index is 0.0980. The summed E-state index contributed by atoms with van der Waals surface area (Å²) in [6.07, 6.45) is 108. The molecule has 1 fully saturated rings. The first kappa shape index (κ1) is 74.1. The molecule has 0 aromatic rings. The zero-order valence-electron chi connectivity index (χ0n) is 52.1. The predicted octanol–water partition coefficient (Wildman–Crippen LogP) is 26.9. The second-order valence-corrected chi connectivity index (χ2v) is 25.0. The van der Waals surface area contributed by atoms with E-state index in [-0.39, 0.29) is 6.29 Å². The Hall–Kier alpha value is -0.900. The van der Waals surface area contributed by atoms with Gasteiger partial charge in [0.05, 0.1) is 13.2 Å². The van der Waals surface area contributed by atoms with E-state index in [0.717, 1.165) is 19.6 Å². The maximum Gasteiger partial charge on any atom is 0.157 e. The maximum absolute atomic E-state index is 5.52. The Balaban J connectivity index is 1.64. The zero-order chi connectivity index (χ0) is 54.6. The van der Waals surface area contributed by atoms with Crippen LogP contribution in [0.1, 0.15) is 385 Å². The van der Waals surface area contributed by atoms with Crippen molar-refractivity contribution in [2.24, 2.45) is 0 Å². The summed E-state index contributed by atoms with van der Waals surface area (Å²) >= 11 is 3.53. The summed E-state index contributed by atoms with van der Waals surface area (Å²) in [4.78, 5) is 0. The number of allylic oxidation sites excluding steroid dienone is 10. The number of halogens is 1. The lowest BCUT2D eigenvalue weighted by atomic mass is 10.0. The first-order chi connectivity index (χ1) is 38.4. The third kappa shape index (κ3) is 65.8.